The molecule has 1 unspecified atom stereocenters. The smallest absolute Gasteiger partial charge is 0.134 e. The summed E-state index contributed by atoms with van der Waals surface area (Å²) in [6.07, 6.45) is 4.58. The Morgan fingerprint density at radius 2 is 2.00 bits per heavy atom. The highest BCUT2D eigenvalue weighted by atomic mass is 79.9. The molecule has 4 heteroatoms. The zero-order valence-electron chi connectivity index (χ0n) is 13.7. The predicted octanol–water partition coefficient (Wildman–Crippen LogP) is 5.46. The van der Waals surface area contributed by atoms with Crippen molar-refractivity contribution in [1.29, 1.82) is 0 Å². The van der Waals surface area contributed by atoms with Crippen LogP contribution in [0.25, 0.3) is 0 Å². The van der Waals surface area contributed by atoms with Crippen LogP contribution in [0.4, 0.5) is 0 Å². The normalized spacial score (nSPS) is 22.7. The van der Waals surface area contributed by atoms with E-state index in [2.05, 4.69) is 52.1 Å². The summed E-state index contributed by atoms with van der Waals surface area (Å²) in [5, 5.41) is 10.7. The first-order valence-corrected chi connectivity index (χ1v) is 9.66. The lowest BCUT2D eigenvalue weighted by Gasteiger charge is -2.54. The van der Waals surface area contributed by atoms with Gasteiger partial charge in [-0.05, 0) is 61.2 Å². The molecule has 1 aliphatic heterocycles. The van der Waals surface area contributed by atoms with Gasteiger partial charge in [0.25, 0.3) is 0 Å². The summed E-state index contributed by atoms with van der Waals surface area (Å²) in [7, 11) is 2.20. The van der Waals surface area contributed by atoms with Crippen molar-refractivity contribution >= 4 is 27.5 Å². The lowest BCUT2D eigenvalue weighted by molar-refractivity contribution is 0.0710. The Morgan fingerprint density at radius 1 is 1.25 bits per heavy atom. The van der Waals surface area contributed by atoms with Gasteiger partial charge >= 0.3 is 0 Å². The van der Waals surface area contributed by atoms with Gasteiger partial charge in [-0.1, -0.05) is 52.2 Å². The highest BCUT2D eigenvalue weighted by molar-refractivity contribution is 9.10. The lowest BCUT2D eigenvalue weighted by Crippen LogP contribution is -2.50. The number of benzene rings is 2. The third kappa shape index (κ3) is 2.40. The van der Waals surface area contributed by atoms with Crippen molar-refractivity contribution < 1.29 is 5.11 Å². The molecule has 0 spiro atoms. The molecule has 1 saturated carbocycles. The summed E-state index contributed by atoms with van der Waals surface area (Å²) >= 11 is 9.93. The van der Waals surface area contributed by atoms with E-state index >= 15 is 0 Å². The minimum Gasteiger partial charge on any atom is -0.506 e. The van der Waals surface area contributed by atoms with Gasteiger partial charge in [0, 0.05) is 22.5 Å². The Kier molecular flexibility index (Phi) is 4.14. The molecule has 2 aromatic carbocycles. The van der Waals surface area contributed by atoms with Gasteiger partial charge in [0.15, 0.2) is 0 Å². The number of phenols is 1. The summed E-state index contributed by atoms with van der Waals surface area (Å²) in [4.78, 5) is 2.45. The molecule has 4 rings (SSSR count). The molecule has 1 atom stereocenters. The van der Waals surface area contributed by atoms with E-state index in [9.17, 15) is 5.11 Å². The number of likely N-dealkylation sites (N-methyl/N-ethyl adjacent to an activating group) is 1. The molecule has 126 valence electrons. The molecular formula is C20H21BrClNO. The van der Waals surface area contributed by atoms with Crippen LogP contribution in [0.15, 0.2) is 40.9 Å². The molecular weight excluding hydrogens is 386 g/mol. The van der Waals surface area contributed by atoms with Crippen molar-refractivity contribution in [2.75, 3.05) is 13.6 Å². The van der Waals surface area contributed by atoms with Gasteiger partial charge in [0.1, 0.15) is 5.75 Å². The van der Waals surface area contributed by atoms with Crippen LogP contribution < -0.4 is 0 Å². The van der Waals surface area contributed by atoms with Gasteiger partial charge in [0.05, 0.1) is 5.02 Å². The van der Waals surface area contributed by atoms with Gasteiger partial charge in [0.2, 0.25) is 0 Å². The minimum atomic E-state index is 0.101. The molecule has 0 aromatic heterocycles. The summed E-state index contributed by atoms with van der Waals surface area (Å²) in [5.41, 5.74) is 4.00. The highest BCUT2D eigenvalue weighted by Crippen LogP contribution is 2.57. The second-order valence-corrected chi connectivity index (χ2v) is 8.39. The van der Waals surface area contributed by atoms with Crippen molar-refractivity contribution in [1.82, 2.24) is 4.90 Å². The van der Waals surface area contributed by atoms with E-state index in [0.717, 1.165) is 13.0 Å². The standard InChI is InChI=1S/C20H21BrClNO/c1-23-10-7-13-11-17(22)18(24)12-14(13)19(23)20(8-4-9-20)15-5-2-3-6-16(15)21/h2-3,5-6,11-12,19,24H,4,7-10H2,1H3. The monoisotopic (exact) mass is 405 g/mol. The highest BCUT2D eigenvalue weighted by Gasteiger charge is 2.50. The fraction of sp³-hybridized carbons (Fsp3) is 0.400. The van der Waals surface area contributed by atoms with Crippen molar-refractivity contribution in [3.8, 4) is 5.75 Å². The Bertz CT molecular complexity index is 787. The molecule has 1 fully saturated rings. The quantitative estimate of drug-likeness (QED) is 0.716. The van der Waals surface area contributed by atoms with Crippen LogP contribution in [0.2, 0.25) is 5.02 Å². The molecule has 2 aromatic rings. The fourth-order valence-electron chi connectivity index (χ4n) is 4.59. The van der Waals surface area contributed by atoms with E-state index < -0.39 is 0 Å². The molecule has 1 N–H and O–H groups in total. The van der Waals surface area contributed by atoms with E-state index in [0.29, 0.717) is 5.02 Å². The number of hydrogen-bond donors (Lipinski definition) is 1. The topological polar surface area (TPSA) is 23.5 Å². The van der Waals surface area contributed by atoms with Crippen LogP contribution >= 0.6 is 27.5 Å². The molecule has 0 amide bonds. The molecule has 0 saturated heterocycles. The molecule has 24 heavy (non-hydrogen) atoms. The second-order valence-electron chi connectivity index (χ2n) is 7.13. The molecule has 0 radical (unpaired) electrons. The third-order valence-corrected chi connectivity index (χ3v) is 6.85. The van der Waals surface area contributed by atoms with Crippen LogP contribution in [0.1, 0.15) is 42.0 Å². The zero-order valence-corrected chi connectivity index (χ0v) is 16.1. The summed E-state index contributed by atoms with van der Waals surface area (Å²) in [5.74, 6) is 0.192. The summed E-state index contributed by atoms with van der Waals surface area (Å²) in [6.45, 7) is 1.02. The number of phenolic OH excluding ortho intramolecular Hbond substituents is 1. The van der Waals surface area contributed by atoms with Gasteiger partial charge < -0.3 is 5.11 Å². The first kappa shape index (κ1) is 16.4. The Hall–Kier alpha value is -1.03. The lowest BCUT2D eigenvalue weighted by atomic mass is 9.57. The van der Waals surface area contributed by atoms with Crippen LogP contribution in [0.3, 0.4) is 0 Å². The largest absolute Gasteiger partial charge is 0.506 e. The first-order valence-electron chi connectivity index (χ1n) is 8.49. The van der Waals surface area contributed by atoms with Gasteiger partial charge in [-0.3, -0.25) is 4.90 Å². The number of aromatic hydroxyl groups is 1. The fourth-order valence-corrected chi connectivity index (χ4v) is 5.45. The Balaban J connectivity index is 1.89. The van der Waals surface area contributed by atoms with E-state index in [1.165, 1.54) is 40.4 Å². The number of halogens is 2. The number of fused-ring (bicyclic) bond motifs is 1. The maximum atomic E-state index is 10.2. The molecule has 1 heterocycles. The van der Waals surface area contributed by atoms with Crippen LogP contribution in [0.5, 0.6) is 5.75 Å². The average molecular weight is 407 g/mol. The van der Waals surface area contributed by atoms with Gasteiger partial charge in [-0.2, -0.15) is 0 Å². The van der Waals surface area contributed by atoms with E-state index in [4.69, 9.17) is 11.6 Å². The zero-order chi connectivity index (χ0) is 16.9. The van der Waals surface area contributed by atoms with Crippen molar-refractivity contribution in [3.63, 3.8) is 0 Å². The predicted molar refractivity (Wildman–Crippen MR) is 102 cm³/mol. The van der Waals surface area contributed by atoms with Crippen LogP contribution in [-0.2, 0) is 11.8 Å². The Morgan fingerprint density at radius 3 is 2.67 bits per heavy atom. The molecule has 2 aliphatic rings. The maximum Gasteiger partial charge on any atom is 0.134 e. The third-order valence-electron chi connectivity index (χ3n) is 5.86. The minimum absolute atomic E-state index is 0.101. The van der Waals surface area contributed by atoms with Gasteiger partial charge in [-0.25, -0.2) is 0 Å². The van der Waals surface area contributed by atoms with Gasteiger partial charge in [-0.15, -0.1) is 0 Å². The average Bonchev–Trinajstić information content (AvgIpc) is 2.52. The van der Waals surface area contributed by atoms with E-state index in [1.807, 2.05) is 12.1 Å². The SMILES string of the molecule is CN1CCc2cc(Cl)c(O)cc2C1C1(c2ccccc2Br)CCC1. The van der Waals surface area contributed by atoms with Crippen molar-refractivity contribution in [2.24, 2.45) is 0 Å². The summed E-state index contributed by atoms with van der Waals surface area (Å²) in [6, 6.07) is 12.7. The van der Waals surface area contributed by atoms with E-state index in [-0.39, 0.29) is 17.2 Å². The van der Waals surface area contributed by atoms with E-state index in [1.54, 1.807) is 0 Å². The van der Waals surface area contributed by atoms with Crippen molar-refractivity contribution in [2.45, 2.75) is 37.1 Å². The molecule has 0 bridgehead atoms. The summed E-state index contributed by atoms with van der Waals surface area (Å²) < 4.78 is 1.18. The molecule has 2 nitrogen and oxygen atoms in total. The maximum absolute atomic E-state index is 10.2. The second kappa shape index (κ2) is 6.05. The number of nitrogens with zero attached hydrogens (tertiary/aromatic N) is 1. The first-order chi connectivity index (χ1) is 11.5. The van der Waals surface area contributed by atoms with Crippen molar-refractivity contribution in [3.05, 3.63) is 62.6 Å². The molecule has 1 aliphatic carbocycles. The number of rotatable bonds is 2. The Labute approximate surface area is 156 Å². The van der Waals surface area contributed by atoms with Crippen LogP contribution in [0, 0.1) is 0 Å². The van der Waals surface area contributed by atoms with Crippen LogP contribution in [-0.4, -0.2) is 23.6 Å². The number of hydrogen-bond acceptors (Lipinski definition) is 2.